The number of phosphoric acid groups is 1. The molecule has 0 atom stereocenters. The number of hydrogen-bond donors (Lipinski definition) is 4. The number of hydrogen-bond acceptors (Lipinski definition) is 3. The summed E-state index contributed by atoms with van der Waals surface area (Å²) in [6, 6.07) is 4.74. The van der Waals surface area contributed by atoms with Gasteiger partial charge in [0.1, 0.15) is 5.75 Å². The third-order valence-corrected chi connectivity index (χ3v) is 3.18. The highest BCUT2D eigenvalue weighted by Crippen LogP contribution is 2.38. The Morgan fingerprint density at radius 2 is 2.20 bits per heavy atom. The highest BCUT2D eigenvalue weighted by atomic mass is 31.2. The number of fused-ring (bicyclic) bond motifs is 1. The second kappa shape index (κ2) is 5.66. The number of aromatic nitrogens is 1. The van der Waals surface area contributed by atoms with E-state index < -0.39 is 7.82 Å². The molecule has 0 bridgehead atoms. The topological polar surface area (TPSA) is 112 Å². The Bertz CT molecular complexity index is 676. The van der Waals surface area contributed by atoms with Crippen molar-refractivity contribution in [2.24, 2.45) is 0 Å². The lowest BCUT2D eigenvalue weighted by atomic mass is 10.1. The minimum absolute atomic E-state index is 0.0813. The molecule has 20 heavy (non-hydrogen) atoms. The third-order valence-electron chi connectivity index (χ3n) is 2.73. The first-order chi connectivity index (χ1) is 9.35. The zero-order chi connectivity index (χ0) is 14.8. The molecule has 0 aliphatic heterocycles. The molecule has 108 valence electrons. The van der Waals surface area contributed by atoms with Gasteiger partial charge in [0.15, 0.2) is 0 Å². The highest BCUT2D eigenvalue weighted by molar-refractivity contribution is 7.46. The van der Waals surface area contributed by atoms with E-state index in [2.05, 4.69) is 14.8 Å². The normalized spacial score (nSPS) is 11.6. The van der Waals surface area contributed by atoms with Crippen molar-refractivity contribution in [3.8, 4) is 5.75 Å². The van der Waals surface area contributed by atoms with Crippen LogP contribution in [0.15, 0.2) is 24.4 Å². The predicted octanol–water partition coefficient (Wildman–Crippen LogP) is 1.32. The monoisotopic (exact) mass is 298 g/mol. The molecule has 0 saturated heterocycles. The van der Waals surface area contributed by atoms with Crippen LogP contribution in [0.25, 0.3) is 10.9 Å². The zero-order valence-corrected chi connectivity index (χ0v) is 11.7. The first-order valence-corrected chi connectivity index (χ1v) is 7.48. The highest BCUT2D eigenvalue weighted by Gasteiger charge is 2.16. The lowest BCUT2D eigenvalue weighted by Crippen LogP contribution is -2.22. The molecule has 0 saturated carbocycles. The van der Waals surface area contributed by atoms with Crippen molar-refractivity contribution in [1.82, 2.24) is 10.3 Å². The Kier molecular flexibility index (Phi) is 4.13. The first-order valence-electron chi connectivity index (χ1n) is 5.95. The van der Waals surface area contributed by atoms with Gasteiger partial charge in [-0.2, -0.15) is 0 Å². The van der Waals surface area contributed by atoms with Crippen LogP contribution in [-0.2, 0) is 15.8 Å². The van der Waals surface area contributed by atoms with Gasteiger partial charge in [0.2, 0.25) is 5.91 Å². The lowest BCUT2D eigenvalue weighted by Gasteiger charge is -2.06. The molecule has 0 fully saturated rings. The number of benzene rings is 1. The number of phosphoric ester groups is 1. The van der Waals surface area contributed by atoms with Crippen molar-refractivity contribution in [2.75, 3.05) is 6.54 Å². The molecular weight excluding hydrogens is 283 g/mol. The van der Waals surface area contributed by atoms with E-state index in [0.29, 0.717) is 18.5 Å². The van der Waals surface area contributed by atoms with Gasteiger partial charge in [-0.25, -0.2) is 4.57 Å². The Morgan fingerprint density at radius 3 is 2.85 bits per heavy atom. The Labute approximate surface area is 115 Å². The number of amides is 1. The molecule has 1 amide bonds. The van der Waals surface area contributed by atoms with Crippen molar-refractivity contribution < 1.29 is 23.7 Å². The van der Waals surface area contributed by atoms with E-state index in [1.165, 1.54) is 19.1 Å². The number of aromatic amines is 1. The summed E-state index contributed by atoms with van der Waals surface area (Å²) in [7, 11) is -4.55. The maximum atomic E-state index is 10.8. The van der Waals surface area contributed by atoms with Gasteiger partial charge in [-0.1, -0.05) is 0 Å². The van der Waals surface area contributed by atoms with E-state index in [1.807, 2.05) is 0 Å². The van der Waals surface area contributed by atoms with Gasteiger partial charge in [-0.05, 0) is 24.1 Å². The van der Waals surface area contributed by atoms with E-state index in [0.717, 1.165) is 10.9 Å². The van der Waals surface area contributed by atoms with Crippen molar-refractivity contribution in [3.05, 3.63) is 30.0 Å². The molecule has 8 heteroatoms. The lowest BCUT2D eigenvalue weighted by molar-refractivity contribution is -0.118. The summed E-state index contributed by atoms with van der Waals surface area (Å²) in [5.74, 6) is 0.0169. The molecule has 1 aromatic heterocycles. The SMILES string of the molecule is CC(=O)NCCc1c[nH]c2cc(OP(=O)(O)O)ccc12. The molecular formula is C12H15N2O5P. The molecule has 0 unspecified atom stereocenters. The number of rotatable bonds is 5. The van der Waals surface area contributed by atoms with E-state index in [4.69, 9.17) is 9.79 Å². The molecule has 0 spiro atoms. The van der Waals surface area contributed by atoms with Crippen LogP contribution in [0, 0.1) is 0 Å². The summed E-state index contributed by atoms with van der Waals surface area (Å²) in [4.78, 5) is 31.3. The van der Waals surface area contributed by atoms with Gasteiger partial charge in [0.25, 0.3) is 0 Å². The number of H-pyrrole nitrogens is 1. The Balaban J connectivity index is 2.16. The van der Waals surface area contributed by atoms with E-state index >= 15 is 0 Å². The third kappa shape index (κ3) is 3.84. The standard InChI is InChI=1S/C12H15N2O5P/c1-8(15)13-5-4-9-7-14-12-6-10(2-3-11(9)12)19-20(16,17)18/h2-3,6-7,14H,4-5H2,1H3,(H,13,15)(H2,16,17,18). The van der Waals surface area contributed by atoms with E-state index in [9.17, 15) is 9.36 Å². The largest absolute Gasteiger partial charge is 0.524 e. The molecule has 0 radical (unpaired) electrons. The molecule has 0 aliphatic rings. The fourth-order valence-corrected chi connectivity index (χ4v) is 2.33. The summed E-state index contributed by atoms with van der Waals surface area (Å²) in [5.41, 5.74) is 1.73. The summed E-state index contributed by atoms with van der Waals surface area (Å²) < 4.78 is 15.3. The fourth-order valence-electron chi connectivity index (χ4n) is 1.94. The van der Waals surface area contributed by atoms with Crippen LogP contribution in [0.5, 0.6) is 5.75 Å². The minimum atomic E-state index is -4.55. The van der Waals surface area contributed by atoms with Gasteiger partial charge in [-0.15, -0.1) is 0 Å². The van der Waals surface area contributed by atoms with Crippen molar-refractivity contribution in [3.63, 3.8) is 0 Å². The van der Waals surface area contributed by atoms with Crippen LogP contribution >= 0.6 is 7.82 Å². The number of carbonyl (C=O) groups is 1. The molecule has 7 nitrogen and oxygen atoms in total. The number of carbonyl (C=O) groups excluding carboxylic acids is 1. The van der Waals surface area contributed by atoms with Crippen LogP contribution in [0.3, 0.4) is 0 Å². The average Bonchev–Trinajstić information content (AvgIpc) is 2.69. The Hall–Kier alpha value is -1.82. The van der Waals surface area contributed by atoms with Gasteiger partial charge < -0.3 is 14.8 Å². The fraction of sp³-hybridized carbons (Fsp3) is 0.250. The van der Waals surface area contributed by atoms with Crippen molar-refractivity contribution >= 4 is 24.6 Å². The van der Waals surface area contributed by atoms with Crippen LogP contribution < -0.4 is 9.84 Å². The smallest absolute Gasteiger partial charge is 0.404 e. The van der Waals surface area contributed by atoms with Crippen molar-refractivity contribution in [2.45, 2.75) is 13.3 Å². The molecule has 2 aromatic rings. The predicted molar refractivity (Wildman–Crippen MR) is 73.4 cm³/mol. The molecule has 1 heterocycles. The van der Waals surface area contributed by atoms with E-state index in [-0.39, 0.29) is 11.7 Å². The maximum Gasteiger partial charge on any atom is 0.524 e. The second-order valence-corrected chi connectivity index (χ2v) is 5.50. The van der Waals surface area contributed by atoms with Crippen LogP contribution in [0.1, 0.15) is 12.5 Å². The maximum absolute atomic E-state index is 10.8. The summed E-state index contributed by atoms with van der Waals surface area (Å²) in [6.07, 6.45) is 2.46. The van der Waals surface area contributed by atoms with Crippen LogP contribution in [0.4, 0.5) is 0 Å². The minimum Gasteiger partial charge on any atom is -0.404 e. The zero-order valence-electron chi connectivity index (χ0n) is 10.8. The van der Waals surface area contributed by atoms with E-state index in [1.54, 1.807) is 12.3 Å². The molecule has 1 aromatic carbocycles. The van der Waals surface area contributed by atoms with Gasteiger partial charge in [-0.3, -0.25) is 14.6 Å². The molecule has 2 rings (SSSR count). The average molecular weight is 298 g/mol. The van der Waals surface area contributed by atoms with Crippen LogP contribution in [0.2, 0.25) is 0 Å². The first kappa shape index (κ1) is 14.6. The quantitative estimate of drug-likeness (QED) is 0.622. The second-order valence-electron chi connectivity index (χ2n) is 4.34. The summed E-state index contributed by atoms with van der Waals surface area (Å²) in [6.45, 7) is 1.99. The van der Waals surface area contributed by atoms with Crippen molar-refractivity contribution in [1.29, 1.82) is 0 Å². The van der Waals surface area contributed by atoms with Gasteiger partial charge in [0.05, 0.1) is 0 Å². The summed E-state index contributed by atoms with van der Waals surface area (Å²) >= 11 is 0. The van der Waals surface area contributed by atoms with Gasteiger partial charge in [0, 0.05) is 36.6 Å². The number of nitrogens with one attached hydrogen (secondary N) is 2. The molecule has 0 aliphatic carbocycles. The van der Waals surface area contributed by atoms with Crippen LogP contribution in [-0.4, -0.2) is 27.2 Å². The summed E-state index contributed by atoms with van der Waals surface area (Å²) in [5, 5.41) is 3.63. The molecule has 4 N–H and O–H groups in total. The Morgan fingerprint density at radius 1 is 1.45 bits per heavy atom. The van der Waals surface area contributed by atoms with Gasteiger partial charge >= 0.3 is 7.82 Å².